The summed E-state index contributed by atoms with van der Waals surface area (Å²) < 4.78 is 26.3. The summed E-state index contributed by atoms with van der Waals surface area (Å²) in [5, 5.41) is 3.34. The summed E-state index contributed by atoms with van der Waals surface area (Å²) in [4.78, 5) is 2.23. The maximum atomic E-state index is 13.5. The lowest BCUT2D eigenvalue weighted by molar-refractivity contribution is 0.241. The summed E-state index contributed by atoms with van der Waals surface area (Å²) in [5.41, 5.74) is 0.583. The van der Waals surface area contributed by atoms with Crippen LogP contribution in [-0.2, 0) is 6.54 Å². The highest BCUT2D eigenvalue weighted by molar-refractivity contribution is 5.18. The SMILES string of the molecule is Fc1ccc(CN2CCCNCCC2)c(F)c1. The van der Waals surface area contributed by atoms with E-state index < -0.39 is 11.6 Å². The first-order chi connectivity index (χ1) is 8.25. The largest absolute Gasteiger partial charge is 0.317 e. The van der Waals surface area contributed by atoms with Crippen molar-refractivity contribution in [2.75, 3.05) is 26.2 Å². The zero-order chi connectivity index (χ0) is 12.1. The van der Waals surface area contributed by atoms with Crippen LogP contribution in [0.15, 0.2) is 18.2 Å². The molecule has 0 atom stereocenters. The summed E-state index contributed by atoms with van der Waals surface area (Å²) in [6, 6.07) is 3.83. The van der Waals surface area contributed by atoms with Crippen LogP contribution in [0, 0.1) is 11.6 Å². The number of nitrogens with zero attached hydrogens (tertiary/aromatic N) is 1. The van der Waals surface area contributed by atoms with E-state index in [9.17, 15) is 8.78 Å². The summed E-state index contributed by atoms with van der Waals surface area (Å²) in [5.74, 6) is -0.951. The van der Waals surface area contributed by atoms with Crippen molar-refractivity contribution >= 4 is 0 Å². The Labute approximate surface area is 101 Å². The molecule has 0 aliphatic carbocycles. The van der Waals surface area contributed by atoms with E-state index in [-0.39, 0.29) is 0 Å². The van der Waals surface area contributed by atoms with E-state index in [1.54, 1.807) is 6.07 Å². The van der Waals surface area contributed by atoms with Crippen LogP contribution in [-0.4, -0.2) is 31.1 Å². The van der Waals surface area contributed by atoms with Crippen LogP contribution in [0.1, 0.15) is 18.4 Å². The van der Waals surface area contributed by atoms with Crippen LogP contribution in [0.2, 0.25) is 0 Å². The van der Waals surface area contributed by atoms with E-state index >= 15 is 0 Å². The number of halogens is 2. The Hall–Kier alpha value is -1.00. The highest BCUT2D eigenvalue weighted by Gasteiger charge is 2.11. The van der Waals surface area contributed by atoms with Crippen LogP contribution in [0.25, 0.3) is 0 Å². The zero-order valence-electron chi connectivity index (χ0n) is 9.88. The second-order valence-corrected chi connectivity index (χ2v) is 4.47. The number of nitrogens with one attached hydrogen (secondary N) is 1. The van der Waals surface area contributed by atoms with Gasteiger partial charge in [-0.15, -0.1) is 0 Å². The fraction of sp³-hybridized carbons (Fsp3) is 0.538. The lowest BCUT2D eigenvalue weighted by Gasteiger charge is -2.25. The van der Waals surface area contributed by atoms with Gasteiger partial charge in [0.1, 0.15) is 11.6 Å². The standard InChI is InChI=1S/C13H18F2N2/c14-12-4-3-11(13(15)9-12)10-17-7-1-5-16-6-2-8-17/h3-4,9,16H,1-2,5-8,10H2. The average Bonchev–Trinajstić information content (AvgIpc) is 2.25. The highest BCUT2D eigenvalue weighted by Crippen LogP contribution is 2.13. The first-order valence-corrected chi connectivity index (χ1v) is 6.13. The third-order valence-electron chi connectivity index (χ3n) is 3.06. The molecule has 0 bridgehead atoms. The van der Waals surface area contributed by atoms with Gasteiger partial charge in [-0.05, 0) is 45.1 Å². The molecule has 4 heteroatoms. The van der Waals surface area contributed by atoms with Crippen LogP contribution in [0.5, 0.6) is 0 Å². The minimum absolute atomic E-state index is 0.440. The third-order valence-corrected chi connectivity index (χ3v) is 3.06. The summed E-state index contributed by atoms with van der Waals surface area (Å²) >= 11 is 0. The number of benzene rings is 1. The van der Waals surface area contributed by atoms with Gasteiger partial charge in [0.25, 0.3) is 0 Å². The first kappa shape index (κ1) is 12.5. The van der Waals surface area contributed by atoms with Gasteiger partial charge in [0.2, 0.25) is 0 Å². The van der Waals surface area contributed by atoms with Crippen molar-refractivity contribution in [1.82, 2.24) is 10.2 Å². The maximum Gasteiger partial charge on any atom is 0.130 e. The zero-order valence-corrected chi connectivity index (χ0v) is 9.88. The van der Waals surface area contributed by atoms with Crippen LogP contribution >= 0.6 is 0 Å². The molecule has 0 unspecified atom stereocenters. The minimum atomic E-state index is -0.511. The summed E-state index contributed by atoms with van der Waals surface area (Å²) in [7, 11) is 0. The van der Waals surface area contributed by atoms with Crippen LogP contribution in [0.4, 0.5) is 8.78 Å². The lowest BCUT2D eigenvalue weighted by atomic mass is 10.1. The molecule has 0 spiro atoms. The lowest BCUT2D eigenvalue weighted by Crippen LogP contribution is -2.33. The Morgan fingerprint density at radius 3 is 2.47 bits per heavy atom. The Kier molecular flexibility index (Phi) is 4.45. The van der Waals surface area contributed by atoms with E-state index in [4.69, 9.17) is 0 Å². The average molecular weight is 240 g/mol. The molecule has 0 amide bonds. The monoisotopic (exact) mass is 240 g/mol. The van der Waals surface area contributed by atoms with Gasteiger partial charge in [0.05, 0.1) is 0 Å². The van der Waals surface area contributed by atoms with E-state index in [1.807, 2.05) is 0 Å². The quantitative estimate of drug-likeness (QED) is 0.852. The number of rotatable bonds is 2. The van der Waals surface area contributed by atoms with Crippen molar-refractivity contribution in [2.45, 2.75) is 19.4 Å². The van der Waals surface area contributed by atoms with Gasteiger partial charge in [-0.1, -0.05) is 6.07 Å². The van der Waals surface area contributed by atoms with Crippen molar-refractivity contribution in [1.29, 1.82) is 0 Å². The van der Waals surface area contributed by atoms with Gasteiger partial charge < -0.3 is 5.32 Å². The van der Waals surface area contributed by atoms with Gasteiger partial charge >= 0.3 is 0 Å². The number of hydrogen-bond acceptors (Lipinski definition) is 2. The van der Waals surface area contributed by atoms with Gasteiger partial charge in [-0.2, -0.15) is 0 Å². The van der Waals surface area contributed by atoms with Crippen LogP contribution in [0.3, 0.4) is 0 Å². The van der Waals surface area contributed by atoms with Crippen molar-refractivity contribution < 1.29 is 8.78 Å². The molecule has 1 saturated heterocycles. The molecule has 1 aliphatic rings. The van der Waals surface area contributed by atoms with Crippen molar-refractivity contribution in [2.24, 2.45) is 0 Å². The molecule has 1 aliphatic heterocycles. The van der Waals surface area contributed by atoms with Gasteiger partial charge in [-0.25, -0.2) is 8.78 Å². The fourth-order valence-corrected chi connectivity index (χ4v) is 2.14. The predicted octanol–water partition coefficient (Wildman–Crippen LogP) is 2.15. The summed E-state index contributed by atoms with van der Waals surface area (Å²) in [6.07, 6.45) is 2.14. The molecule has 2 nitrogen and oxygen atoms in total. The molecule has 1 heterocycles. The molecule has 1 N–H and O–H groups in total. The normalized spacial score (nSPS) is 18.7. The molecule has 1 fully saturated rings. The van der Waals surface area contributed by atoms with E-state index in [1.165, 1.54) is 6.07 Å². The van der Waals surface area contributed by atoms with Gasteiger partial charge in [0, 0.05) is 18.2 Å². The Balaban J connectivity index is 1.98. The smallest absolute Gasteiger partial charge is 0.130 e. The third kappa shape index (κ3) is 3.75. The second kappa shape index (κ2) is 6.07. The molecule has 17 heavy (non-hydrogen) atoms. The molecule has 0 radical (unpaired) electrons. The fourth-order valence-electron chi connectivity index (χ4n) is 2.14. The predicted molar refractivity (Wildman–Crippen MR) is 63.7 cm³/mol. The summed E-state index contributed by atoms with van der Waals surface area (Å²) in [6.45, 7) is 4.53. The van der Waals surface area contributed by atoms with E-state index in [0.29, 0.717) is 12.1 Å². The Morgan fingerprint density at radius 1 is 1.12 bits per heavy atom. The van der Waals surface area contributed by atoms with Crippen molar-refractivity contribution in [3.05, 3.63) is 35.4 Å². The highest BCUT2D eigenvalue weighted by atomic mass is 19.1. The topological polar surface area (TPSA) is 15.3 Å². The first-order valence-electron chi connectivity index (χ1n) is 6.13. The van der Waals surface area contributed by atoms with Crippen LogP contribution < -0.4 is 5.32 Å². The second-order valence-electron chi connectivity index (χ2n) is 4.47. The molecular weight excluding hydrogens is 222 g/mol. The van der Waals surface area contributed by atoms with Crippen molar-refractivity contribution in [3.8, 4) is 0 Å². The van der Waals surface area contributed by atoms with Crippen molar-refractivity contribution in [3.63, 3.8) is 0 Å². The van der Waals surface area contributed by atoms with E-state index in [2.05, 4.69) is 10.2 Å². The Bertz CT molecular complexity index is 360. The molecule has 0 aromatic heterocycles. The molecule has 0 saturated carbocycles. The Morgan fingerprint density at radius 2 is 1.82 bits per heavy atom. The molecule has 1 aromatic carbocycles. The molecule has 2 rings (SSSR count). The minimum Gasteiger partial charge on any atom is -0.317 e. The molecule has 94 valence electrons. The number of hydrogen-bond donors (Lipinski definition) is 1. The maximum absolute atomic E-state index is 13.5. The molecular formula is C13H18F2N2. The van der Waals surface area contributed by atoms with Gasteiger partial charge in [0.15, 0.2) is 0 Å². The van der Waals surface area contributed by atoms with E-state index in [0.717, 1.165) is 45.1 Å². The van der Waals surface area contributed by atoms with Gasteiger partial charge in [-0.3, -0.25) is 4.90 Å². The molecule has 1 aromatic rings.